The van der Waals surface area contributed by atoms with Crippen LogP contribution in [0, 0.1) is 0 Å². The Morgan fingerprint density at radius 2 is 1.73 bits per heavy atom. The summed E-state index contributed by atoms with van der Waals surface area (Å²) >= 11 is 0. The van der Waals surface area contributed by atoms with Crippen molar-refractivity contribution in [1.29, 1.82) is 0 Å². The van der Waals surface area contributed by atoms with Crippen LogP contribution < -0.4 is 20.7 Å². The molecule has 0 heterocycles. The van der Waals surface area contributed by atoms with Crippen LogP contribution in [-0.2, 0) is 14.3 Å². The Balaban J connectivity index is 2.37. The van der Waals surface area contributed by atoms with E-state index in [-0.39, 0.29) is 24.2 Å². The molecule has 30 heavy (non-hydrogen) atoms. The molecule has 0 saturated heterocycles. The average Bonchev–Trinajstić information content (AvgIpc) is 2.70. The number of hydrogen-bond acceptors (Lipinski definition) is 6. The molecule has 0 bridgehead atoms. The Morgan fingerprint density at radius 3 is 2.37 bits per heavy atom. The Labute approximate surface area is 174 Å². The minimum atomic E-state index is -0.796. The number of carbonyl (C=O) groups is 3. The molecule has 0 aliphatic heterocycles. The number of anilines is 1. The van der Waals surface area contributed by atoms with Crippen LogP contribution in [0.5, 0.6) is 11.5 Å². The van der Waals surface area contributed by atoms with E-state index in [1.165, 1.54) is 14.0 Å². The van der Waals surface area contributed by atoms with E-state index in [0.717, 1.165) is 0 Å². The van der Waals surface area contributed by atoms with Gasteiger partial charge in [-0.3, -0.25) is 20.2 Å². The molecule has 0 saturated carbocycles. The van der Waals surface area contributed by atoms with Crippen LogP contribution in [0.25, 0.3) is 0 Å². The zero-order valence-electron chi connectivity index (χ0n) is 17.0. The Hall–Kier alpha value is -3.88. The van der Waals surface area contributed by atoms with Gasteiger partial charge in [0.25, 0.3) is 0 Å². The third-order valence-corrected chi connectivity index (χ3v) is 3.63. The second kappa shape index (κ2) is 11.2. The van der Waals surface area contributed by atoms with Gasteiger partial charge in [0.1, 0.15) is 11.5 Å². The molecule has 9 nitrogen and oxygen atoms in total. The minimum Gasteiger partial charge on any atom is -0.457 e. The summed E-state index contributed by atoms with van der Waals surface area (Å²) in [6.07, 6.45) is 0.0836. The highest BCUT2D eigenvalue weighted by atomic mass is 16.5. The summed E-state index contributed by atoms with van der Waals surface area (Å²) in [6, 6.07) is 14.0. The normalized spacial score (nSPS) is 10.7. The van der Waals surface area contributed by atoms with Crippen molar-refractivity contribution in [2.45, 2.75) is 26.7 Å². The summed E-state index contributed by atoms with van der Waals surface area (Å²) in [5.74, 6) is 0.339. The lowest BCUT2D eigenvalue weighted by Crippen LogP contribution is -2.43. The number of amides is 3. The van der Waals surface area contributed by atoms with Crippen molar-refractivity contribution in [3.63, 3.8) is 0 Å². The quantitative estimate of drug-likeness (QED) is 0.494. The first-order valence-corrected chi connectivity index (χ1v) is 9.29. The smallest absolute Gasteiger partial charge is 0.413 e. The maximum Gasteiger partial charge on any atom is 0.413 e. The number of hydrogen-bond donors (Lipinski definition) is 3. The molecule has 0 spiro atoms. The molecule has 2 rings (SSSR count). The fourth-order valence-corrected chi connectivity index (χ4v) is 2.37. The monoisotopic (exact) mass is 412 g/mol. The van der Waals surface area contributed by atoms with E-state index in [4.69, 9.17) is 4.74 Å². The SMILES string of the molecule is CCCC(=O)NC(=Nc1ccc(Oc2ccccc2)cc1NC(C)=O)NC(=O)OC. The summed E-state index contributed by atoms with van der Waals surface area (Å²) in [5.41, 5.74) is 0.638. The van der Waals surface area contributed by atoms with Gasteiger partial charge in [-0.25, -0.2) is 9.79 Å². The standard InChI is InChI=1S/C21H24N4O5/c1-4-8-19(27)24-20(25-21(28)29-3)23-17-12-11-16(13-18(17)22-14(2)26)30-15-9-6-5-7-10-15/h5-7,9-13H,4,8H2,1-3H3,(H,22,26)(H2,23,24,25,27,28). The highest BCUT2D eigenvalue weighted by Crippen LogP contribution is 2.32. The van der Waals surface area contributed by atoms with Crippen LogP contribution in [-0.4, -0.2) is 31.0 Å². The molecule has 0 aliphatic carbocycles. The number of nitrogens with one attached hydrogen (secondary N) is 3. The van der Waals surface area contributed by atoms with Gasteiger partial charge in [-0.1, -0.05) is 25.1 Å². The molecule has 0 radical (unpaired) electrons. The summed E-state index contributed by atoms with van der Waals surface area (Å²) in [6.45, 7) is 3.21. The molecule has 2 aromatic rings. The molecule has 0 fully saturated rings. The van der Waals surface area contributed by atoms with E-state index >= 15 is 0 Å². The lowest BCUT2D eigenvalue weighted by molar-refractivity contribution is -0.119. The highest BCUT2D eigenvalue weighted by Gasteiger charge is 2.13. The summed E-state index contributed by atoms with van der Waals surface area (Å²) < 4.78 is 10.3. The van der Waals surface area contributed by atoms with Gasteiger partial charge < -0.3 is 14.8 Å². The van der Waals surface area contributed by atoms with Gasteiger partial charge in [-0.05, 0) is 30.7 Å². The lowest BCUT2D eigenvalue weighted by atomic mass is 10.2. The van der Waals surface area contributed by atoms with E-state index in [1.54, 1.807) is 30.3 Å². The highest BCUT2D eigenvalue weighted by molar-refractivity contribution is 6.04. The summed E-state index contributed by atoms with van der Waals surface area (Å²) in [4.78, 5) is 39.5. The molecular weight excluding hydrogens is 388 g/mol. The zero-order valence-corrected chi connectivity index (χ0v) is 17.0. The predicted octanol–water partition coefficient (Wildman–Crippen LogP) is 3.70. The van der Waals surface area contributed by atoms with Crippen molar-refractivity contribution in [3.05, 3.63) is 48.5 Å². The van der Waals surface area contributed by atoms with Crippen LogP contribution >= 0.6 is 0 Å². The number of benzene rings is 2. The first-order valence-electron chi connectivity index (χ1n) is 9.29. The van der Waals surface area contributed by atoms with E-state index in [0.29, 0.717) is 29.3 Å². The molecule has 0 atom stereocenters. The molecule has 3 amide bonds. The van der Waals surface area contributed by atoms with Crippen molar-refractivity contribution in [3.8, 4) is 11.5 Å². The molecular formula is C21H24N4O5. The van der Waals surface area contributed by atoms with Gasteiger partial charge in [-0.2, -0.15) is 0 Å². The third kappa shape index (κ3) is 7.27. The van der Waals surface area contributed by atoms with Gasteiger partial charge >= 0.3 is 6.09 Å². The van der Waals surface area contributed by atoms with E-state index in [9.17, 15) is 14.4 Å². The van der Waals surface area contributed by atoms with Gasteiger partial charge in [0, 0.05) is 19.4 Å². The number of carbonyl (C=O) groups excluding carboxylic acids is 3. The average molecular weight is 412 g/mol. The van der Waals surface area contributed by atoms with Crippen LogP contribution in [0.1, 0.15) is 26.7 Å². The van der Waals surface area contributed by atoms with Crippen molar-refractivity contribution in [1.82, 2.24) is 10.6 Å². The maximum absolute atomic E-state index is 12.0. The fourth-order valence-electron chi connectivity index (χ4n) is 2.37. The lowest BCUT2D eigenvalue weighted by Gasteiger charge is -2.13. The largest absolute Gasteiger partial charge is 0.457 e. The molecule has 0 unspecified atom stereocenters. The first-order chi connectivity index (χ1) is 14.4. The number of methoxy groups -OCH3 is 1. The van der Waals surface area contributed by atoms with Gasteiger partial charge in [0.2, 0.25) is 17.8 Å². The van der Waals surface area contributed by atoms with Gasteiger partial charge in [0.15, 0.2) is 0 Å². The van der Waals surface area contributed by atoms with Gasteiger partial charge in [-0.15, -0.1) is 0 Å². The van der Waals surface area contributed by atoms with Gasteiger partial charge in [0.05, 0.1) is 18.5 Å². The van der Waals surface area contributed by atoms with Crippen molar-refractivity contribution in [2.24, 2.45) is 4.99 Å². The fraction of sp³-hybridized carbons (Fsp3) is 0.238. The van der Waals surface area contributed by atoms with E-state index in [2.05, 4.69) is 25.7 Å². The molecule has 3 N–H and O–H groups in total. The number of rotatable bonds is 6. The number of aliphatic imine (C=N–C) groups is 1. The number of ether oxygens (including phenoxy) is 2. The molecule has 0 aromatic heterocycles. The second-order valence-electron chi connectivity index (χ2n) is 6.15. The Kier molecular flexibility index (Phi) is 8.37. The van der Waals surface area contributed by atoms with Crippen LogP contribution in [0.3, 0.4) is 0 Å². The molecule has 2 aromatic carbocycles. The maximum atomic E-state index is 12.0. The minimum absolute atomic E-state index is 0.122. The number of guanidine groups is 1. The zero-order chi connectivity index (χ0) is 21.9. The topological polar surface area (TPSA) is 118 Å². The van der Waals surface area contributed by atoms with Crippen molar-refractivity contribution in [2.75, 3.05) is 12.4 Å². The van der Waals surface area contributed by atoms with Crippen molar-refractivity contribution < 1.29 is 23.9 Å². The van der Waals surface area contributed by atoms with Crippen LogP contribution in [0.15, 0.2) is 53.5 Å². The number of alkyl carbamates (subject to hydrolysis) is 1. The molecule has 0 aliphatic rings. The first kappa shape index (κ1) is 22.4. The predicted molar refractivity (Wildman–Crippen MR) is 113 cm³/mol. The van der Waals surface area contributed by atoms with E-state index < -0.39 is 6.09 Å². The summed E-state index contributed by atoms with van der Waals surface area (Å²) in [5, 5.41) is 7.54. The summed E-state index contributed by atoms with van der Waals surface area (Å²) in [7, 11) is 1.19. The van der Waals surface area contributed by atoms with Crippen LogP contribution in [0.4, 0.5) is 16.2 Å². The Bertz CT molecular complexity index is 928. The molecule has 158 valence electrons. The number of nitrogens with zero attached hydrogens (tertiary/aromatic N) is 1. The van der Waals surface area contributed by atoms with Crippen molar-refractivity contribution >= 4 is 35.2 Å². The van der Waals surface area contributed by atoms with Crippen LogP contribution in [0.2, 0.25) is 0 Å². The number of para-hydroxylation sites is 1. The second-order valence-corrected chi connectivity index (χ2v) is 6.15. The van der Waals surface area contributed by atoms with E-state index in [1.807, 2.05) is 25.1 Å². The third-order valence-electron chi connectivity index (χ3n) is 3.63. The Morgan fingerprint density at radius 1 is 1.00 bits per heavy atom. The molecule has 9 heteroatoms.